The van der Waals surface area contributed by atoms with Crippen LogP contribution in [0.15, 0.2) is 157 Å². The average Bonchev–Trinajstić information content (AvgIpc) is 3.42. The lowest BCUT2D eigenvalue weighted by atomic mass is 9.55. The molecule has 1 amide bonds. The van der Waals surface area contributed by atoms with Gasteiger partial charge in [-0.3, -0.25) is 4.79 Å². The molecule has 2 aliphatic heterocycles. The van der Waals surface area contributed by atoms with Crippen LogP contribution in [0.3, 0.4) is 0 Å². The highest BCUT2D eigenvalue weighted by Crippen LogP contribution is 2.62. The first-order valence-electron chi connectivity index (χ1n) is 25.7. The number of ether oxygens (including phenoxy) is 4. The van der Waals surface area contributed by atoms with Crippen LogP contribution in [0.4, 0.5) is 0 Å². The summed E-state index contributed by atoms with van der Waals surface area (Å²) in [5.74, 6) is -0.521. The van der Waals surface area contributed by atoms with Gasteiger partial charge in [0, 0.05) is 49.6 Å². The van der Waals surface area contributed by atoms with Crippen LogP contribution >= 0.6 is 0 Å². The Balaban J connectivity index is 1.19. The van der Waals surface area contributed by atoms with Gasteiger partial charge in [0.05, 0.1) is 36.5 Å². The van der Waals surface area contributed by atoms with E-state index in [9.17, 15) is 15.5 Å². The van der Waals surface area contributed by atoms with E-state index in [2.05, 4.69) is 73.3 Å². The maximum absolute atomic E-state index is 15.8. The third-order valence-electron chi connectivity index (χ3n) is 15.1. The number of nitriles is 1. The molecular weight excluding hydrogens is 903 g/mol. The minimum atomic E-state index is -1.50. The highest BCUT2D eigenvalue weighted by atomic mass is 16.8. The predicted octanol–water partition coefficient (Wildman–Crippen LogP) is 12.2. The lowest BCUT2D eigenvalue weighted by Gasteiger charge is -2.60. The van der Waals surface area contributed by atoms with Crippen molar-refractivity contribution in [2.45, 2.75) is 94.8 Å². The molecule has 0 aromatic heterocycles. The van der Waals surface area contributed by atoms with Gasteiger partial charge in [-0.25, -0.2) is 0 Å². The molecule has 1 saturated carbocycles. The number of fused-ring (bicyclic) bond motifs is 4. The monoisotopic (exact) mass is 965 g/mol. The predicted molar refractivity (Wildman–Crippen MR) is 279 cm³/mol. The van der Waals surface area contributed by atoms with Crippen molar-refractivity contribution in [2.24, 2.45) is 22.9 Å². The number of oxime groups is 1. The summed E-state index contributed by atoms with van der Waals surface area (Å²) in [6, 6.07) is 42.9. The number of aliphatic hydroxyl groups excluding tert-OH is 2. The Kier molecular flexibility index (Phi) is 15.1. The molecule has 7 unspecified atom stereocenters. The summed E-state index contributed by atoms with van der Waals surface area (Å²) >= 11 is 0. The SMILES string of the molecule is C=CCOC12Oc3ccc(Oc4ccc5ccccc5c4)cc3C3C(CCCCO)C(CCCCO)C=C(C(=NOC4CCCCO4)CC1N(Cc1cccc4ccccc14)C(=O)c1ccc(C#N)cc1)C32. The van der Waals surface area contributed by atoms with Gasteiger partial charge < -0.3 is 38.9 Å². The number of benzene rings is 6. The van der Waals surface area contributed by atoms with Crippen LogP contribution in [0.5, 0.6) is 17.2 Å². The second-order valence-corrected chi connectivity index (χ2v) is 19.5. The highest BCUT2D eigenvalue weighted by Gasteiger charge is 2.65. The molecule has 2 fully saturated rings. The number of allylic oxidation sites excluding steroid dienone is 1. The van der Waals surface area contributed by atoms with E-state index in [1.807, 2.05) is 53.4 Å². The number of carbonyl (C=O) groups excluding carboxylic acids is 1. The Morgan fingerprint density at radius 1 is 0.847 bits per heavy atom. The molecule has 2 N–H and O–H groups in total. The van der Waals surface area contributed by atoms with Gasteiger partial charge in [0.1, 0.15) is 23.3 Å². The van der Waals surface area contributed by atoms with Crippen LogP contribution in [0, 0.1) is 29.1 Å². The van der Waals surface area contributed by atoms with Crippen LogP contribution in [0.2, 0.25) is 0 Å². The number of carbonyl (C=O) groups is 1. The first-order valence-corrected chi connectivity index (χ1v) is 25.7. The Bertz CT molecular complexity index is 2990. The van der Waals surface area contributed by atoms with Crippen LogP contribution in [0.25, 0.3) is 21.5 Å². The lowest BCUT2D eigenvalue weighted by molar-refractivity contribution is -0.255. The fourth-order valence-corrected chi connectivity index (χ4v) is 11.8. The zero-order chi connectivity index (χ0) is 49.4. The molecule has 0 bridgehead atoms. The van der Waals surface area contributed by atoms with Gasteiger partial charge >= 0.3 is 0 Å². The average molecular weight is 966 g/mol. The molecule has 6 aromatic carbocycles. The number of hydrogen-bond acceptors (Lipinski definition) is 10. The quantitative estimate of drug-likeness (QED) is 0.0461. The van der Waals surface area contributed by atoms with Crippen molar-refractivity contribution in [2.75, 3.05) is 26.4 Å². The fourth-order valence-electron chi connectivity index (χ4n) is 11.8. The summed E-state index contributed by atoms with van der Waals surface area (Å²) in [5, 5.41) is 39.4. The molecule has 6 aromatic rings. The zero-order valence-corrected chi connectivity index (χ0v) is 40.7. The van der Waals surface area contributed by atoms with Crippen molar-refractivity contribution in [3.05, 3.63) is 174 Å². The van der Waals surface area contributed by atoms with Crippen molar-refractivity contribution in [1.82, 2.24) is 4.90 Å². The van der Waals surface area contributed by atoms with E-state index in [4.69, 9.17) is 28.9 Å². The molecule has 1 saturated heterocycles. The first-order chi connectivity index (χ1) is 35.4. The van der Waals surface area contributed by atoms with Gasteiger partial charge in [0.15, 0.2) is 0 Å². The minimum absolute atomic E-state index is 0.0117. The largest absolute Gasteiger partial charge is 0.459 e. The lowest BCUT2D eigenvalue weighted by Crippen LogP contribution is -2.70. The third-order valence-corrected chi connectivity index (χ3v) is 15.1. The molecule has 11 heteroatoms. The van der Waals surface area contributed by atoms with Gasteiger partial charge in [-0.15, -0.1) is 6.58 Å². The van der Waals surface area contributed by atoms with Crippen molar-refractivity contribution < 1.29 is 38.8 Å². The van der Waals surface area contributed by atoms with E-state index in [1.165, 1.54) is 0 Å². The molecule has 7 atom stereocenters. The maximum Gasteiger partial charge on any atom is 0.254 e. The van der Waals surface area contributed by atoms with Gasteiger partial charge in [-0.2, -0.15) is 5.26 Å². The molecule has 2 aliphatic carbocycles. The van der Waals surface area contributed by atoms with Gasteiger partial charge in [-0.1, -0.05) is 103 Å². The minimum Gasteiger partial charge on any atom is -0.459 e. The molecule has 10 rings (SSSR count). The van der Waals surface area contributed by atoms with Crippen molar-refractivity contribution >= 4 is 33.2 Å². The molecule has 72 heavy (non-hydrogen) atoms. The standard InChI is InChI=1S/C61H63N3O8/c1-2-33-69-61-56(64(60(67)44-25-23-41(39-62)24-26-44)40-47-19-13-18-43-15-5-6-20-50(43)47)38-54(63-72-57-22-9-12-34-68-57)52-36-46(17-7-10-31-65)51(21-8-11-32-66)58(59(52)61)53-37-49(29-30-55(53)71-61)70-48-28-27-42-14-3-4-16-45(42)35-48/h2-6,13-16,18-20,23-30,35-37,46,51,56-59,65-66H,1,7-12,17,21-22,31-34,38,40H2. The maximum atomic E-state index is 15.8. The molecule has 0 spiro atoms. The molecule has 0 radical (unpaired) electrons. The van der Waals surface area contributed by atoms with E-state index >= 15 is 4.79 Å². The smallest absolute Gasteiger partial charge is 0.254 e. The van der Waals surface area contributed by atoms with Crippen molar-refractivity contribution in [1.29, 1.82) is 5.26 Å². The second kappa shape index (κ2) is 22.3. The van der Waals surface area contributed by atoms with Gasteiger partial charge in [0.2, 0.25) is 12.1 Å². The van der Waals surface area contributed by atoms with E-state index in [1.54, 1.807) is 30.3 Å². The van der Waals surface area contributed by atoms with E-state index in [0.29, 0.717) is 60.0 Å². The number of aliphatic hydroxyl groups is 2. The fraction of sp³-hybridized carbons (Fsp3) is 0.361. The third kappa shape index (κ3) is 10.0. The van der Waals surface area contributed by atoms with E-state index < -0.39 is 24.0 Å². The van der Waals surface area contributed by atoms with Crippen LogP contribution in [-0.4, -0.2) is 71.3 Å². The summed E-state index contributed by atoms with van der Waals surface area (Å²) in [4.78, 5) is 24.1. The van der Waals surface area contributed by atoms with E-state index in [-0.39, 0.29) is 56.4 Å². The molecule has 11 nitrogen and oxygen atoms in total. The van der Waals surface area contributed by atoms with Gasteiger partial charge in [-0.05, 0) is 138 Å². The summed E-state index contributed by atoms with van der Waals surface area (Å²) in [7, 11) is 0. The van der Waals surface area contributed by atoms with E-state index in [0.717, 1.165) is 76.8 Å². The Morgan fingerprint density at radius 2 is 1.60 bits per heavy atom. The van der Waals surface area contributed by atoms with Crippen molar-refractivity contribution in [3.63, 3.8) is 0 Å². The van der Waals surface area contributed by atoms with Crippen LogP contribution < -0.4 is 9.47 Å². The summed E-state index contributed by atoms with van der Waals surface area (Å²) in [5.41, 5.74) is 4.39. The number of rotatable bonds is 19. The van der Waals surface area contributed by atoms with Crippen molar-refractivity contribution in [3.8, 4) is 23.3 Å². The number of hydrogen-bond donors (Lipinski definition) is 2. The number of nitrogens with zero attached hydrogens (tertiary/aromatic N) is 3. The summed E-state index contributed by atoms with van der Waals surface area (Å²) in [6.07, 6.45) is 10.9. The summed E-state index contributed by atoms with van der Waals surface area (Å²) in [6.45, 7) is 5.20. The summed E-state index contributed by atoms with van der Waals surface area (Å²) < 4.78 is 27.8. The molecule has 370 valence electrons. The van der Waals surface area contributed by atoms with Crippen LogP contribution in [0.1, 0.15) is 97.2 Å². The highest BCUT2D eigenvalue weighted by molar-refractivity contribution is 6.03. The second-order valence-electron chi connectivity index (χ2n) is 19.5. The zero-order valence-electron chi connectivity index (χ0n) is 40.7. The molecular formula is C61H63N3O8. The Labute approximate surface area is 421 Å². The normalized spacial score (nSPS) is 23.8. The topological polar surface area (TPSA) is 143 Å². The molecule has 2 heterocycles. The number of amides is 1. The first kappa shape index (κ1) is 48.8. The van der Waals surface area contributed by atoms with Gasteiger partial charge in [0.25, 0.3) is 5.91 Å². The molecule has 4 aliphatic rings. The number of unbranched alkanes of at least 4 members (excludes halogenated alkanes) is 2. The Morgan fingerprint density at radius 3 is 2.38 bits per heavy atom. The van der Waals surface area contributed by atoms with Crippen LogP contribution in [-0.2, 0) is 20.9 Å². The Hall–Kier alpha value is -6.81.